The Bertz CT molecular complexity index is 913. The van der Waals surface area contributed by atoms with Gasteiger partial charge in [-0.2, -0.15) is 0 Å². The summed E-state index contributed by atoms with van der Waals surface area (Å²) in [4.78, 5) is 6.70. The lowest BCUT2D eigenvalue weighted by Crippen LogP contribution is -2.45. The van der Waals surface area contributed by atoms with Gasteiger partial charge in [-0.3, -0.25) is 4.99 Å². The van der Waals surface area contributed by atoms with E-state index in [0.717, 1.165) is 33.5 Å². The molecule has 2 aromatic rings. The second kappa shape index (κ2) is 6.99. The summed E-state index contributed by atoms with van der Waals surface area (Å²) in [5.41, 5.74) is 5.49. The summed E-state index contributed by atoms with van der Waals surface area (Å²) in [6.07, 6.45) is 3.86. The minimum atomic E-state index is -0.245. The van der Waals surface area contributed by atoms with E-state index >= 15 is 0 Å². The maximum Gasteiger partial charge on any atom is 0.134 e. The van der Waals surface area contributed by atoms with Crippen LogP contribution in [0.25, 0.3) is 5.57 Å². The van der Waals surface area contributed by atoms with Gasteiger partial charge in [0.15, 0.2) is 0 Å². The summed E-state index contributed by atoms with van der Waals surface area (Å²) in [6.45, 7) is 11.3. The summed E-state index contributed by atoms with van der Waals surface area (Å²) in [5.74, 6) is -0.245. The highest BCUT2D eigenvalue weighted by Gasteiger charge is 2.30. The fourth-order valence-corrected chi connectivity index (χ4v) is 3.89. The molecule has 0 aliphatic carbocycles. The minimum absolute atomic E-state index is 0.122. The molecule has 4 heteroatoms. The van der Waals surface area contributed by atoms with Crippen LogP contribution in [0.3, 0.4) is 0 Å². The molecule has 0 N–H and O–H groups in total. The molecular formula is C22H24BrFN2. The maximum absolute atomic E-state index is 14.8. The SMILES string of the molecule is CCN1c2cc(F)c(C=Nc3ccc(Br)c(C)c3)cc2C(C)=CC1(C)C. The largest absolute Gasteiger partial charge is 0.363 e. The van der Waals surface area contributed by atoms with Gasteiger partial charge in [-0.1, -0.05) is 22.0 Å². The first-order valence-corrected chi connectivity index (χ1v) is 9.63. The minimum Gasteiger partial charge on any atom is -0.363 e. The van der Waals surface area contributed by atoms with Crippen LogP contribution in [0.5, 0.6) is 0 Å². The molecule has 0 unspecified atom stereocenters. The van der Waals surface area contributed by atoms with Crippen LogP contribution >= 0.6 is 15.9 Å². The molecule has 0 amide bonds. The summed E-state index contributed by atoms with van der Waals surface area (Å²) in [7, 11) is 0. The lowest BCUT2D eigenvalue weighted by atomic mass is 9.88. The van der Waals surface area contributed by atoms with Gasteiger partial charge in [-0.15, -0.1) is 0 Å². The van der Waals surface area contributed by atoms with E-state index in [0.29, 0.717) is 5.56 Å². The summed E-state index contributed by atoms with van der Waals surface area (Å²) >= 11 is 3.48. The van der Waals surface area contributed by atoms with Crippen LogP contribution in [-0.4, -0.2) is 18.3 Å². The van der Waals surface area contributed by atoms with E-state index in [-0.39, 0.29) is 11.4 Å². The van der Waals surface area contributed by atoms with E-state index in [1.165, 1.54) is 5.57 Å². The van der Waals surface area contributed by atoms with Crippen LogP contribution in [0.1, 0.15) is 44.4 Å². The number of benzene rings is 2. The number of hydrogen-bond donors (Lipinski definition) is 0. The van der Waals surface area contributed by atoms with Crippen LogP contribution in [-0.2, 0) is 0 Å². The van der Waals surface area contributed by atoms with Crippen molar-refractivity contribution >= 4 is 39.1 Å². The third-order valence-electron chi connectivity index (χ3n) is 4.91. The predicted molar refractivity (Wildman–Crippen MR) is 113 cm³/mol. The number of aryl methyl sites for hydroxylation is 1. The molecule has 2 aromatic carbocycles. The van der Waals surface area contributed by atoms with Crippen molar-refractivity contribution in [3.8, 4) is 0 Å². The lowest BCUT2D eigenvalue weighted by molar-refractivity contribution is 0.561. The average molecular weight is 415 g/mol. The lowest BCUT2D eigenvalue weighted by Gasteiger charge is -2.42. The van der Waals surface area contributed by atoms with Crippen molar-refractivity contribution in [2.75, 3.05) is 11.4 Å². The van der Waals surface area contributed by atoms with Gasteiger partial charge in [0.25, 0.3) is 0 Å². The van der Waals surface area contributed by atoms with Gasteiger partial charge in [0, 0.05) is 34.0 Å². The molecule has 136 valence electrons. The van der Waals surface area contributed by atoms with Gasteiger partial charge in [-0.05, 0) is 76.1 Å². The number of fused-ring (bicyclic) bond motifs is 1. The summed E-state index contributed by atoms with van der Waals surface area (Å²) < 4.78 is 15.8. The standard InChI is InChI=1S/C22H24BrFN2/c1-6-26-21-11-20(24)16(10-18(21)15(3)12-22(26,4)5)13-25-17-7-8-19(23)14(2)9-17/h7-13H,6H2,1-5H3. The second-order valence-electron chi connectivity index (χ2n) is 7.31. The molecule has 0 saturated heterocycles. The Labute approximate surface area is 163 Å². The number of nitrogens with zero attached hydrogens (tertiary/aromatic N) is 2. The number of halogens is 2. The van der Waals surface area contributed by atoms with E-state index in [4.69, 9.17) is 0 Å². The molecule has 0 spiro atoms. The van der Waals surface area contributed by atoms with Crippen LogP contribution < -0.4 is 4.90 Å². The van der Waals surface area contributed by atoms with Gasteiger partial charge in [0.1, 0.15) is 5.82 Å². The van der Waals surface area contributed by atoms with Crippen molar-refractivity contribution in [1.29, 1.82) is 0 Å². The molecule has 1 aliphatic heterocycles. The number of anilines is 1. The molecule has 0 fully saturated rings. The Morgan fingerprint density at radius 1 is 1.19 bits per heavy atom. The zero-order valence-electron chi connectivity index (χ0n) is 15.9. The fourth-order valence-electron chi connectivity index (χ4n) is 3.64. The topological polar surface area (TPSA) is 15.6 Å². The van der Waals surface area contributed by atoms with Gasteiger partial charge >= 0.3 is 0 Å². The molecule has 0 radical (unpaired) electrons. The maximum atomic E-state index is 14.8. The average Bonchev–Trinajstić information content (AvgIpc) is 2.56. The Balaban J connectivity index is 2.02. The zero-order valence-corrected chi connectivity index (χ0v) is 17.5. The molecule has 3 rings (SSSR count). The monoisotopic (exact) mass is 414 g/mol. The van der Waals surface area contributed by atoms with Crippen LogP contribution in [0.4, 0.5) is 15.8 Å². The van der Waals surface area contributed by atoms with Crippen molar-refractivity contribution in [2.24, 2.45) is 4.99 Å². The zero-order chi connectivity index (χ0) is 19.1. The highest BCUT2D eigenvalue weighted by atomic mass is 79.9. The second-order valence-corrected chi connectivity index (χ2v) is 8.16. The van der Waals surface area contributed by atoms with Crippen molar-refractivity contribution in [1.82, 2.24) is 0 Å². The molecule has 0 atom stereocenters. The van der Waals surface area contributed by atoms with E-state index in [1.54, 1.807) is 12.3 Å². The Kier molecular flexibility index (Phi) is 5.07. The van der Waals surface area contributed by atoms with E-state index in [1.807, 2.05) is 31.2 Å². The molecular weight excluding hydrogens is 391 g/mol. The molecule has 0 saturated carbocycles. The van der Waals surface area contributed by atoms with E-state index < -0.39 is 0 Å². The Morgan fingerprint density at radius 2 is 1.92 bits per heavy atom. The van der Waals surface area contributed by atoms with Crippen molar-refractivity contribution in [3.05, 3.63) is 63.4 Å². The highest BCUT2D eigenvalue weighted by molar-refractivity contribution is 9.10. The molecule has 1 heterocycles. The van der Waals surface area contributed by atoms with Gasteiger partial charge in [-0.25, -0.2) is 4.39 Å². The number of rotatable bonds is 3. The van der Waals surface area contributed by atoms with Crippen LogP contribution in [0.15, 0.2) is 45.9 Å². The van der Waals surface area contributed by atoms with Crippen molar-refractivity contribution in [3.63, 3.8) is 0 Å². The summed E-state index contributed by atoms with van der Waals surface area (Å²) in [5, 5.41) is 0. The van der Waals surface area contributed by atoms with Gasteiger partial charge in [0.2, 0.25) is 0 Å². The predicted octanol–water partition coefficient (Wildman–Crippen LogP) is 6.67. The number of allylic oxidation sites excluding steroid dienone is 1. The fraction of sp³-hybridized carbons (Fsp3) is 0.318. The molecule has 0 aromatic heterocycles. The quantitative estimate of drug-likeness (QED) is 0.512. The van der Waals surface area contributed by atoms with Crippen molar-refractivity contribution < 1.29 is 4.39 Å². The van der Waals surface area contributed by atoms with E-state index in [9.17, 15) is 4.39 Å². The van der Waals surface area contributed by atoms with Crippen LogP contribution in [0.2, 0.25) is 0 Å². The van der Waals surface area contributed by atoms with E-state index in [2.05, 4.69) is 59.6 Å². The molecule has 1 aliphatic rings. The number of hydrogen-bond acceptors (Lipinski definition) is 2. The normalized spacial score (nSPS) is 16.0. The third-order valence-corrected chi connectivity index (χ3v) is 5.80. The first-order valence-electron chi connectivity index (χ1n) is 8.84. The Morgan fingerprint density at radius 3 is 2.58 bits per heavy atom. The molecule has 0 bridgehead atoms. The molecule has 2 nitrogen and oxygen atoms in total. The first-order chi connectivity index (χ1) is 12.2. The highest BCUT2D eigenvalue weighted by Crippen LogP contribution is 2.39. The van der Waals surface area contributed by atoms with Gasteiger partial charge < -0.3 is 4.90 Å². The molecule has 26 heavy (non-hydrogen) atoms. The number of likely N-dealkylation sites (N-methyl/N-ethyl adjacent to an activating group) is 1. The van der Waals surface area contributed by atoms with Crippen LogP contribution in [0, 0.1) is 12.7 Å². The Hall–Kier alpha value is -1.94. The summed E-state index contributed by atoms with van der Waals surface area (Å²) in [6, 6.07) is 9.40. The van der Waals surface area contributed by atoms with Gasteiger partial charge in [0.05, 0.1) is 11.2 Å². The van der Waals surface area contributed by atoms with Crippen molar-refractivity contribution in [2.45, 2.75) is 40.2 Å². The number of aliphatic imine (C=N–C) groups is 1. The third kappa shape index (κ3) is 3.48. The smallest absolute Gasteiger partial charge is 0.134 e. The first kappa shape index (κ1) is 18.8.